The van der Waals surface area contributed by atoms with Crippen LogP contribution in [0.4, 0.5) is 10.5 Å². The Morgan fingerprint density at radius 2 is 2.18 bits per heavy atom. The molecule has 6 nitrogen and oxygen atoms in total. The van der Waals surface area contributed by atoms with Crippen LogP contribution in [0.15, 0.2) is 36.4 Å². The van der Waals surface area contributed by atoms with Crippen LogP contribution < -0.4 is 20.7 Å². The Hall–Kier alpha value is -2.05. The van der Waals surface area contributed by atoms with Crippen molar-refractivity contribution in [2.24, 2.45) is 0 Å². The quantitative estimate of drug-likeness (QED) is 0.600. The van der Waals surface area contributed by atoms with E-state index in [1.807, 2.05) is 6.92 Å². The van der Waals surface area contributed by atoms with Crippen molar-refractivity contribution in [3.8, 4) is 5.75 Å². The number of carbonyl (C=O) groups is 1. The van der Waals surface area contributed by atoms with Gasteiger partial charge in [-0.3, -0.25) is 0 Å². The molecule has 4 N–H and O–H groups in total. The Morgan fingerprint density at radius 3 is 2.77 bits per heavy atom. The van der Waals surface area contributed by atoms with Gasteiger partial charge in [0, 0.05) is 18.8 Å². The first-order valence-corrected chi connectivity index (χ1v) is 7.32. The zero-order chi connectivity index (χ0) is 16.0. The van der Waals surface area contributed by atoms with Crippen molar-refractivity contribution in [3.05, 3.63) is 36.4 Å². The lowest BCUT2D eigenvalue weighted by atomic mass is 10.0. The van der Waals surface area contributed by atoms with E-state index in [1.54, 1.807) is 24.3 Å². The maximum atomic E-state index is 11.8. The van der Waals surface area contributed by atoms with Gasteiger partial charge in [0.15, 0.2) is 0 Å². The highest BCUT2D eigenvalue weighted by atomic mass is 16.5. The molecular weight excluding hydrogens is 282 g/mol. The molecule has 1 heterocycles. The highest BCUT2D eigenvalue weighted by molar-refractivity contribution is 5.89. The van der Waals surface area contributed by atoms with Gasteiger partial charge in [-0.2, -0.15) is 0 Å². The first-order chi connectivity index (χ1) is 10.5. The number of urea groups is 1. The van der Waals surface area contributed by atoms with E-state index in [9.17, 15) is 9.90 Å². The Kier molecular flexibility index (Phi) is 5.41. The minimum Gasteiger partial charge on any atom is -0.489 e. The second kappa shape index (κ2) is 7.29. The van der Waals surface area contributed by atoms with Crippen molar-refractivity contribution >= 4 is 11.7 Å². The third-order valence-corrected chi connectivity index (χ3v) is 3.40. The smallest absolute Gasteiger partial charge is 0.319 e. The Bertz CT molecular complexity index is 522. The number of β-amino-alcohol motifs (C(OH)–C–C–N with tert-alkyl or cyclic N) is 1. The molecule has 1 atom stereocenters. The predicted molar refractivity (Wildman–Crippen MR) is 86.2 cm³/mol. The average molecular weight is 305 g/mol. The van der Waals surface area contributed by atoms with Crippen LogP contribution >= 0.6 is 0 Å². The number of anilines is 1. The van der Waals surface area contributed by atoms with Crippen LogP contribution in [0.2, 0.25) is 0 Å². The summed E-state index contributed by atoms with van der Waals surface area (Å²) < 4.78 is 5.49. The number of carbonyl (C=O) groups excluding carboxylic acids is 1. The molecule has 1 aromatic carbocycles. The molecule has 0 saturated carbocycles. The molecule has 120 valence electrons. The van der Waals surface area contributed by atoms with Gasteiger partial charge in [-0.1, -0.05) is 6.58 Å². The Balaban J connectivity index is 1.77. The van der Waals surface area contributed by atoms with E-state index in [0.717, 1.165) is 17.9 Å². The predicted octanol–water partition coefficient (Wildman–Crippen LogP) is 1.49. The molecule has 1 aliphatic heterocycles. The van der Waals surface area contributed by atoms with E-state index < -0.39 is 5.60 Å². The van der Waals surface area contributed by atoms with E-state index in [4.69, 9.17) is 4.74 Å². The van der Waals surface area contributed by atoms with Gasteiger partial charge in [-0.15, -0.1) is 0 Å². The van der Waals surface area contributed by atoms with Crippen LogP contribution in [0.3, 0.4) is 0 Å². The van der Waals surface area contributed by atoms with Crippen LogP contribution in [0, 0.1) is 0 Å². The molecule has 2 amide bonds. The molecule has 22 heavy (non-hydrogen) atoms. The maximum absolute atomic E-state index is 11.8. The van der Waals surface area contributed by atoms with Crippen molar-refractivity contribution in [3.63, 3.8) is 0 Å². The fourth-order valence-electron chi connectivity index (χ4n) is 2.14. The van der Waals surface area contributed by atoms with Crippen molar-refractivity contribution in [1.29, 1.82) is 0 Å². The number of benzene rings is 1. The topological polar surface area (TPSA) is 82.6 Å². The minimum atomic E-state index is -0.850. The van der Waals surface area contributed by atoms with Crippen molar-refractivity contribution in [1.82, 2.24) is 10.6 Å². The van der Waals surface area contributed by atoms with E-state index in [0.29, 0.717) is 25.3 Å². The zero-order valence-corrected chi connectivity index (χ0v) is 12.8. The van der Waals surface area contributed by atoms with Gasteiger partial charge < -0.3 is 25.8 Å². The van der Waals surface area contributed by atoms with Gasteiger partial charge in [0.05, 0.1) is 5.60 Å². The normalized spacial score (nSPS) is 20.5. The third kappa shape index (κ3) is 5.05. The molecule has 0 bridgehead atoms. The highest BCUT2D eigenvalue weighted by Crippen LogP contribution is 2.16. The standard InChI is InChI=1S/C16H23N3O3/c1-12(2)9-22-14-5-3-13(4-6-14)19-15(20)18-11-16(21)7-8-17-10-16/h3-6,17,21H,1,7-11H2,2H3,(H2,18,19,20)/t16-/m0/s1. The summed E-state index contributed by atoms with van der Waals surface area (Å²) in [6.07, 6.45) is 0.641. The van der Waals surface area contributed by atoms with Crippen molar-refractivity contribution in [2.75, 3.05) is 31.6 Å². The second-order valence-corrected chi connectivity index (χ2v) is 5.73. The summed E-state index contributed by atoms with van der Waals surface area (Å²) in [5.74, 6) is 0.722. The molecule has 0 unspecified atom stereocenters. The SMILES string of the molecule is C=C(C)COc1ccc(NC(=O)NC[C@]2(O)CCNC2)cc1. The van der Waals surface area contributed by atoms with E-state index in [2.05, 4.69) is 22.5 Å². The molecule has 1 saturated heterocycles. The number of aliphatic hydroxyl groups is 1. The van der Waals surface area contributed by atoms with Crippen LogP contribution in [-0.2, 0) is 0 Å². The molecular formula is C16H23N3O3. The van der Waals surface area contributed by atoms with Gasteiger partial charge in [0.1, 0.15) is 12.4 Å². The molecule has 1 fully saturated rings. The largest absolute Gasteiger partial charge is 0.489 e. The van der Waals surface area contributed by atoms with Crippen LogP contribution in [0.5, 0.6) is 5.75 Å². The first-order valence-electron chi connectivity index (χ1n) is 7.32. The average Bonchev–Trinajstić information content (AvgIpc) is 2.92. The van der Waals surface area contributed by atoms with Crippen molar-refractivity contribution in [2.45, 2.75) is 18.9 Å². The zero-order valence-electron chi connectivity index (χ0n) is 12.8. The third-order valence-electron chi connectivity index (χ3n) is 3.40. The number of nitrogens with one attached hydrogen (secondary N) is 3. The van der Waals surface area contributed by atoms with Crippen LogP contribution in [0.1, 0.15) is 13.3 Å². The number of hydrogen-bond donors (Lipinski definition) is 4. The minimum absolute atomic E-state index is 0.228. The molecule has 6 heteroatoms. The lowest BCUT2D eigenvalue weighted by molar-refractivity contribution is 0.0640. The van der Waals surface area contributed by atoms with Crippen LogP contribution in [-0.4, -0.2) is 43.0 Å². The summed E-state index contributed by atoms with van der Waals surface area (Å²) in [6, 6.07) is 6.76. The summed E-state index contributed by atoms with van der Waals surface area (Å²) in [6.45, 7) is 7.64. The molecule has 0 spiro atoms. The fourth-order valence-corrected chi connectivity index (χ4v) is 2.14. The summed E-state index contributed by atoms with van der Waals surface area (Å²) in [5, 5.41) is 18.6. The van der Waals surface area contributed by atoms with Gasteiger partial charge >= 0.3 is 6.03 Å². The summed E-state index contributed by atoms with van der Waals surface area (Å²) >= 11 is 0. The highest BCUT2D eigenvalue weighted by Gasteiger charge is 2.31. The van der Waals surface area contributed by atoms with Gasteiger partial charge in [0.25, 0.3) is 0 Å². The van der Waals surface area contributed by atoms with Crippen LogP contribution in [0.25, 0.3) is 0 Å². The maximum Gasteiger partial charge on any atom is 0.319 e. The lowest BCUT2D eigenvalue weighted by Gasteiger charge is -2.21. The summed E-state index contributed by atoms with van der Waals surface area (Å²) in [4.78, 5) is 11.8. The van der Waals surface area contributed by atoms with Gasteiger partial charge in [-0.25, -0.2) is 4.79 Å². The monoisotopic (exact) mass is 305 g/mol. The molecule has 0 aromatic heterocycles. The van der Waals surface area contributed by atoms with Gasteiger partial charge in [0.2, 0.25) is 0 Å². The number of ether oxygens (including phenoxy) is 1. The Labute approximate surface area is 130 Å². The molecule has 0 aliphatic carbocycles. The second-order valence-electron chi connectivity index (χ2n) is 5.73. The fraction of sp³-hybridized carbons (Fsp3) is 0.438. The van der Waals surface area contributed by atoms with Gasteiger partial charge in [-0.05, 0) is 49.7 Å². The summed E-state index contributed by atoms with van der Waals surface area (Å²) in [7, 11) is 0. The van der Waals surface area contributed by atoms with E-state index >= 15 is 0 Å². The Morgan fingerprint density at radius 1 is 1.45 bits per heavy atom. The number of amides is 2. The molecule has 2 rings (SSSR count). The molecule has 0 radical (unpaired) electrons. The number of hydrogen-bond acceptors (Lipinski definition) is 4. The first kappa shape index (κ1) is 16.3. The van der Waals surface area contributed by atoms with E-state index in [-0.39, 0.29) is 12.6 Å². The van der Waals surface area contributed by atoms with E-state index in [1.165, 1.54) is 0 Å². The lowest BCUT2D eigenvalue weighted by Crippen LogP contribution is -2.45. The number of rotatable bonds is 6. The molecule has 1 aliphatic rings. The molecule has 1 aromatic rings. The van der Waals surface area contributed by atoms with Crippen molar-refractivity contribution < 1.29 is 14.6 Å². The summed E-state index contributed by atoms with van der Waals surface area (Å²) in [5.41, 5.74) is 0.759.